The van der Waals surface area contributed by atoms with Crippen LogP contribution in [0, 0.1) is 0 Å². The van der Waals surface area contributed by atoms with Crippen LogP contribution in [-0.2, 0) is 14.3 Å². The first-order valence-corrected chi connectivity index (χ1v) is 13.1. The third-order valence-corrected chi connectivity index (χ3v) is 5.93. The van der Waals surface area contributed by atoms with Crippen LogP contribution in [0.15, 0.2) is 0 Å². The van der Waals surface area contributed by atoms with Crippen molar-refractivity contribution in [2.45, 2.75) is 154 Å². The lowest BCUT2D eigenvalue weighted by Crippen LogP contribution is -2.27. The molecule has 2 N–H and O–H groups in total. The Morgan fingerprint density at radius 3 is 1.55 bits per heavy atom. The largest absolute Gasteiger partial charge is 0.479 e. The van der Waals surface area contributed by atoms with Gasteiger partial charge in [0.25, 0.3) is 0 Å². The topological polar surface area (TPSA) is 83.8 Å². The van der Waals surface area contributed by atoms with Gasteiger partial charge in [-0.1, -0.05) is 104 Å². The summed E-state index contributed by atoms with van der Waals surface area (Å²) in [6, 6.07) is 0. The van der Waals surface area contributed by atoms with Crippen molar-refractivity contribution in [2.75, 3.05) is 0 Å². The Morgan fingerprint density at radius 1 is 0.645 bits per heavy atom. The van der Waals surface area contributed by atoms with Gasteiger partial charge in [-0.15, -0.1) is 0 Å². The minimum Gasteiger partial charge on any atom is -0.479 e. The molecule has 0 aliphatic carbocycles. The van der Waals surface area contributed by atoms with Crippen LogP contribution in [0.1, 0.15) is 142 Å². The van der Waals surface area contributed by atoms with E-state index in [9.17, 15) is 19.8 Å². The lowest BCUT2D eigenvalue weighted by Gasteiger charge is -2.13. The first kappa shape index (κ1) is 29.9. The number of hydrogen-bond donors (Lipinski definition) is 2. The van der Waals surface area contributed by atoms with Crippen molar-refractivity contribution >= 4 is 11.9 Å². The number of hydrogen-bond acceptors (Lipinski definition) is 4. The molecular weight excluding hydrogens is 392 g/mol. The lowest BCUT2D eigenvalue weighted by atomic mass is 10.0. The van der Waals surface area contributed by atoms with E-state index in [-0.39, 0.29) is 12.1 Å². The molecule has 0 fully saturated rings. The molecule has 0 radical (unpaired) electrons. The van der Waals surface area contributed by atoms with Crippen molar-refractivity contribution in [3.8, 4) is 0 Å². The zero-order valence-electron chi connectivity index (χ0n) is 20.4. The Balaban J connectivity index is 3.54. The fraction of sp³-hybridized carbons (Fsp3) is 0.923. The molecule has 0 aromatic heterocycles. The molecule has 0 bridgehead atoms. The van der Waals surface area contributed by atoms with Crippen molar-refractivity contribution in [3.05, 3.63) is 0 Å². The van der Waals surface area contributed by atoms with Gasteiger partial charge in [0.1, 0.15) is 0 Å². The van der Waals surface area contributed by atoms with Gasteiger partial charge in [-0.3, -0.25) is 4.79 Å². The van der Waals surface area contributed by atoms with Gasteiger partial charge in [0.05, 0.1) is 6.10 Å². The predicted molar refractivity (Wildman–Crippen MR) is 127 cm³/mol. The molecule has 2 unspecified atom stereocenters. The Hall–Kier alpha value is -1.10. The first-order chi connectivity index (χ1) is 15.0. The van der Waals surface area contributed by atoms with Gasteiger partial charge in [0.2, 0.25) is 0 Å². The molecule has 0 spiro atoms. The number of ether oxygens (including phenoxy) is 1. The van der Waals surface area contributed by atoms with Crippen LogP contribution in [-0.4, -0.2) is 34.4 Å². The second-order valence-electron chi connectivity index (χ2n) is 9.04. The maximum absolute atomic E-state index is 11.9. The second kappa shape index (κ2) is 22.1. The van der Waals surface area contributed by atoms with E-state index in [0.717, 1.165) is 70.6 Å². The summed E-state index contributed by atoms with van der Waals surface area (Å²) in [4.78, 5) is 23.1. The summed E-state index contributed by atoms with van der Waals surface area (Å²) in [6.45, 7) is 4.31. The van der Waals surface area contributed by atoms with E-state index in [4.69, 9.17) is 4.74 Å². The van der Waals surface area contributed by atoms with E-state index in [2.05, 4.69) is 13.8 Å². The summed E-state index contributed by atoms with van der Waals surface area (Å²) in [5.74, 6) is -1.41. The number of carbonyl (C=O) groups is 2. The number of unbranched alkanes of at least 4 members (excludes halogenated alkanes) is 13. The fourth-order valence-electron chi connectivity index (χ4n) is 3.87. The predicted octanol–water partition coefficient (Wildman–Crippen LogP) is 7.19. The zero-order chi connectivity index (χ0) is 23.2. The van der Waals surface area contributed by atoms with Gasteiger partial charge in [0, 0.05) is 6.42 Å². The first-order valence-electron chi connectivity index (χ1n) is 13.1. The van der Waals surface area contributed by atoms with Crippen molar-refractivity contribution in [1.82, 2.24) is 0 Å². The standard InChI is InChI=1S/C26H50O5/c1-3-5-7-15-19-23(27)20-16-13-11-9-10-12-14-18-22-25(28)31-24(26(29)30)21-17-8-6-4-2/h23-24,27H,3-22H2,1-2H3,(H,29,30). The van der Waals surface area contributed by atoms with Crippen LogP contribution >= 0.6 is 0 Å². The van der Waals surface area contributed by atoms with E-state index in [1.165, 1.54) is 44.9 Å². The molecule has 5 nitrogen and oxygen atoms in total. The smallest absolute Gasteiger partial charge is 0.345 e. The molecule has 0 heterocycles. The SMILES string of the molecule is CCCCCCC(O)CCCCCCCCCCC(=O)OC(CCCCCC)C(=O)O. The van der Waals surface area contributed by atoms with Gasteiger partial charge in [-0.05, 0) is 32.1 Å². The molecule has 0 aromatic rings. The van der Waals surface area contributed by atoms with E-state index < -0.39 is 12.1 Å². The summed E-state index contributed by atoms with van der Waals surface area (Å²) in [5.41, 5.74) is 0. The van der Waals surface area contributed by atoms with Crippen molar-refractivity contribution in [2.24, 2.45) is 0 Å². The van der Waals surface area contributed by atoms with Gasteiger partial charge in [0.15, 0.2) is 6.10 Å². The highest BCUT2D eigenvalue weighted by atomic mass is 16.6. The molecule has 0 saturated heterocycles. The van der Waals surface area contributed by atoms with Crippen LogP contribution in [0.4, 0.5) is 0 Å². The second-order valence-corrected chi connectivity index (χ2v) is 9.04. The van der Waals surface area contributed by atoms with Gasteiger partial charge < -0.3 is 14.9 Å². The monoisotopic (exact) mass is 442 g/mol. The molecule has 0 aliphatic heterocycles. The molecule has 0 rings (SSSR count). The highest BCUT2D eigenvalue weighted by Gasteiger charge is 2.21. The Bertz CT molecular complexity index is 424. The van der Waals surface area contributed by atoms with Crippen molar-refractivity contribution in [3.63, 3.8) is 0 Å². The van der Waals surface area contributed by atoms with Crippen LogP contribution < -0.4 is 0 Å². The highest BCUT2D eigenvalue weighted by Crippen LogP contribution is 2.15. The van der Waals surface area contributed by atoms with E-state index in [1.807, 2.05) is 0 Å². The van der Waals surface area contributed by atoms with E-state index in [1.54, 1.807) is 0 Å². The average molecular weight is 443 g/mol. The number of carboxylic acid groups (broad SMARTS) is 1. The van der Waals surface area contributed by atoms with Crippen molar-refractivity contribution in [1.29, 1.82) is 0 Å². The third-order valence-electron chi connectivity index (χ3n) is 5.93. The molecule has 0 amide bonds. The number of rotatable bonds is 23. The van der Waals surface area contributed by atoms with Crippen molar-refractivity contribution < 1.29 is 24.5 Å². The maximum atomic E-state index is 11.9. The number of aliphatic hydroxyl groups excluding tert-OH is 1. The number of aliphatic hydroxyl groups is 1. The average Bonchev–Trinajstić information content (AvgIpc) is 2.74. The van der Waals surface area contributed by atoms with Gasteiger partial charge in [-0.25, -0.2) is 4.79 Å². The fourth-order valence-corrected chi connectivity index (χ4v) is 3.87. The number of aliphatic carboxylic acids is 1. The summed E-state index contributed by atoms with van der Waals surface area (Å²) >= 11 is 0. The zero-order valence-corrected chi connectivity index (χ0v) is 20.4. The van der Waals surface area contributed by atoms with Gasteiger partial charge in [-0.2, -0.15) is 0 Å². The lowest BCUT2D eigenvalue weighted by molar-refractivity contribution is -0.164. The summed E-state index contributed by atoms with van der Waals surface area (Å²) in [5, 5.41) is 19.2. The summed E-state index contributed by atoms with van der Waals surface area (Å²) in [7, 11) is 0. The van der Waals surface area contributed by atoms with Crippen LogP contribution in [0.25, 0.3) is 0 Å². The molecular formula is C26H50O5. The minimum absolute atomic E-state index is 0.117. The molecule has 5 heteroatoms. The highest BCUT2D eigenvalue weighted by molar-refractivity contribution is 5.77. The number of carboxylic acids is 1. The summed E-state index contributed by atoms with van der Waals surface area (Å²) in [6.07, 6.45) is 19.1. The normalized spacial score (nSPS) is 13.1. The molecule has 31 heavy (non-hydrogen) atoms. The van der Waals surface area contributed by atoms with Crippen LogP contribution in [0.5, 0.6) is 0 Å². The van der Waals surface area contributed by atoms with Crippen LogP contribution in [0.3, 0.4) is 0 Å². The Kier molecular flexibility index (Phi) is 21.3. The quantitative estimate of drug-likeness (QED) is 0.129. The van der Waals surface area contributed by atoms with Crippen LogP contribution in [0.2, 0.25) is 0 Å². The minimum atomic E-state index is -1.03. The van der Waals surface area contributed by atoms with Gasteiger partial charge >= 0.3 is 11.9 Å². The molecule has 0 saturated carbocycles. The Labute approximate surface area is 191 Å². The molecule has 0 aromatic carbocycles. The molecule has 2 atom stereocenters. The maximum Gasteiger partial charge on any atom is 0.345 e. The summed E-state index contributed by atoms with van der Waals surface area (Å²) < 4.78 is 5.16. The molecule has 0 aliphatic rings. The third kappa shape index (κ3) is 20.6. The van der Waals surface area contributed by atoms with E-state index >= 15 is 0 Å². The van der Waals surface area contributed by atoms with E-state index in [0.29, 0.717) is 12.8 Å². The number of carbonyl (C=O) groups excluding carboxylic acids is 1. The number of esters is 1. The Morgan fingerprint density at radius 2 is 1.06 bits per heavy atom. The molecule has 184 valence electrons.